The highest BCUT2D eigenvalue weighted by Crippen LogP contribution is 2.16. The summed E-state index contributed by atoms with van der Waals surface area (Å²) in [5.41, 5.74) is 0. The van der Waals surface area contributed by atoms with E-state index in [1.807, 2.05) is 0 Å². The van der Waals surface area contributed by atoms with Crippen LogP contribution in [0.1, 0.15) is 272 Å². The first-order valence-corrected chi connectivity index (χ1v) is 26.9. The fourth-order valence-electron chi connectivity index (χ4n) is 7.60. The van der Waals surface area contributed by atoms with Gasteiger partial charge in [0.15, 0.2) is 18.7 Å². The van der Waals surface area contributed by atoms with Crippen LogP contribution < -0.4 is 0 Å². The van der Waals surface area contributed by atoms with E-state index < -0.39 is 12.1 Å². The summed E-state index contributed by atoms with van der Waals surface area (Å²) in [5.74, 6) is -1.04. The van der Waals surface area contributed by atoms with Gasteiger partial charge in [0.2, 0.25) is 0 Å². The number of carbonyl (C=O) groups excluding carboxylic acids is 2. The summed E-state index contributed by atoms with van der Waals surface area (Å²) in [4.78, 5) is 24.5. The van der Waals surface area contributed by atoms with E-state index in [1.54, 1.807) is 0 Å². The highest BCUT2D eigenvalue weighted by atomic mass is 16.7. The molecule has 9 nitrogen and oxygen atoms in total. The maximum atomic E-state index is 12.3. The van der Waals surface area contributed by atoms with Crippen molar-refractivity contribution in [2.45, 2.75) is 290 Å². The number of aliphatic hydroxyl groups is 1. The summed E-state index contributed by atoms with van der Waals surface area (Å²) < 4.78 is 35.3. The minimum Gasteiger partial charge on any atom is -0.466 e. The van der Waals surface area contributed by atoms with E-state index in [0.717, 1.165) is 129 Å². The third-order valence-electron chi connectivity index (χ3n) is 11.8. The number of ether oxygens (including phenoxy) is 6. The summed E-state index contributed by atoms with van der Waals surface area (Å²) in [7, 11) is 0. The maximum absolute atomic E-state index is 12.3. The van der Waals surface area contributed by atoms with Crippen molar-refractivity contribution in [3.05, 3.63) is 0 Å². The molecule has 0 aromatic heterocycles. The molecule has 0 aliphatic rings. The Labute approximate surface area is 384 Å². The molecule has 62 heavy (non-hydrogen) atoms. The molecule has 1 N–H and O–H groups in total. The number of hydrogen-bond donors (Lipinski definition) is 1. The van der Waals surface area contributed by atoms with Gasteiger partial charge >= 0.3 is 11.9 Å². The molecule has 0 rings (SSSR count). The zero-order valence-electron chi connectivity index (χ0n) is 41.6. The van der Waals surface area contributed by atoms with Crippen LogP contribution in [0.4, 0.5) is 0 Å². The minimum absolute atomic E-state index is 0.00146. The van der Waals surface area contributed by atoms with Gasteiger partial charge in [0.1, 0.15) is 0 Å². The molecule has 1 unspecified atom stereocenters. The molecule has 0 aromatic carbocycles. The number of carbonyl (C=O) groups is 2. The maximum Gasteiger partial charge on any atom is 0.334 e. The van der Waals surface area contributed by atoms with Gasteiger partial charge in [-0.2, -0.15) is 0 Å². The second kappa shape index (κ2) is 50.7. The molecule has 0 fully saturated rings. The molecule has 0 saturated heterocycles. The molecule has 0 amide bonds. The standard InChI is InChI=1S/C53H104O9/c1-5-9-13-17-25-34-44-58-51(59-45-35-26-18-14-10-6-2)39-31-23-21-29-33-43-57-50(55)42-41-49(54)53(56)62-48-38-30-22-24-32-40-52(60-46-36-27-19-15-11-7-3)61-47-37-28-20-16-12-8-4/h49,51-52,54H,5-48H2,1-4H3. The Balaban J connectivity index is 4.06. The lowest BCUT2D eigenvalue weighted by atomic mass is 10.1. The van der Waals surface area contributed by atoms with Gasteiger partial charge in [0.05, 0.1) is 13.2 Å². The average molecular weight is 885 g/mol. The van der Waals surface area contributed by atoms with Crippen LogP contribution in [0.25, 0.3) is 0 Å². The smallest absolute Gasteiger partial charge is 0.334 e. The quantitative estimate of drug-likeness (QED) is 0.0363. The monoisotopic (exact) mass is 885 g/mol. The van der Waals surface area contributed by atoms with Gasteiger partial charge < -0.3 is 33.5 Å². The normalized spacial score (nSPS) is 12.2. The SMILES string of the molecule is CCCCCCCCOC(CCCCCCCOC(=O)CCC(O)C(=O)OCCCCCCCC(OCCCCCCCC)OCCCCCCCC)OCCCCCCCC. The number of hydrogen-bond acceptors (Lipinski definition) is 9. The zero-order valence-corrected chi connectivity index (χ0v) is 41.6. The van der Waals surface area contributed by atoms with E-state index in [4.69, 9.17) is 28.4 Å². The highest BCUT2D eigenvalue weighted by molar-refractivity contribution is 5.76. The third kappa shape index (κ3) is 45.3. The van der Waals surface area contributed by atoms with E-state index in [1.165, 1.54) is 128 Å². The van der Waals surface area contributed by atoms with Gasteiger partial charge in [-0.1, -0.05) is 195 Å². The number of aliphatic hydroxyl groups excluding tert-OH is 1. The van der Waals surface area contributed by atoms with E-state index in [0.29, 0.717) is 6.61 Å². The Hall–Kier alpha value is -1.26. The van der Waals surface area contributed by atoms with Crippen LogP contribution in [0, 0.1) is 0 Å². The molecule has 0 aliphatic carbocycles. The third-order valence-corrected chi connectivity index (χ3v) is 11.8. The van der Waals surface area contributed by atoms with E-state index in [-0.39, 0.29) is 38.0 Å². The molecular formula is C53H104O9. The Bertz CT molecular complexity index is 866. The first kappa shape index (κ1) is 60.7. The van der Waals surface area contributed by atoms with E-state index in [9.17, 15) is 14.7 Å². The molecule has 0 heterocycles. The van der Waals surface area contributed by atoms with E-state index in [2.05, 4.69) is 27.7 Å². The summed E-state index contributed by atoms with van der Waals surface area (Å²) in [6.07, 6.45) is 40.5. The molecule has 1 atom stereocenters. The van der Waals surface area contributed by atoms with Gasteiger partial charge in [-0.05, 0) is 70.6 Å². The van der Waals surface area contributed by atoms with Gasteiger partial charge in [-0.25, -0.2) is 4.79 Å². The summed E-state index contributed by atoms with van der Waals surface area (Å²) in [6, 6.07) is 0. The molecule has 0 bridgehead atoms. The lowest BCUT2D eigenvalue weighted by molar-refractivity contribution is -0.155. The van der Waals surface area contributed by atoms with Crippen LogP contribution in [0.2, 0.25) is 0 Å². The van der Waals surface area contributed by atoms with Crippen molar-refractivity contribution in [3.8, 4) is 0 Å². The van der Waals surface area contributed by atoms with Crippen LogP contribution in [0.15, 0.2) is 0 Å². The molecule has 0 spiro atoms. The zero-order chi connectivity index (χ0) is 45.2. The van der Waals surface area contributed by atoms with Crippen LogP contribution in [0.5, 0.6) is 0 Å². The number of unbranched alkanes of at least 4 members (excludes halogenated alkanes) is 28. The number of rotatable bonds is 52. The van der Waals surface area contributed by atoms with Gasteiger partial charge in [0.25, 0.3) is 0 Å². The lowest BCUT2D eigenvalue weighted by Gasteiger charge is -2.19. The Morgan fingerprint density at radius 1 is 0.339 bits per heavy atom. The molecule has 0 aliphatic heterocycles. The summed E-state index contributed by atoms with van der Waals surface area (Å²) >= 11 is 0. The van der Waals surface area contributed by atoms with Gasteiger partial charge in [0, 0.05) is 32.8 Å². The van der Waals surface area contributed by atoms with Crippen LogP contribution in [0.3, 0.4) is 0 Å². The Morgan fingerprint density at radius 2 is 0.613 bits per heavy atom. The molecule has 0 aromatic rings. The molecular weight excluding hydrogens is 781 g/mol. The average Bonchev–Trinajstić information content (AvgIpc) is 3.27. The molecule has 0 saturated carbocycles. The lowest BCUT2D eigenvalue weighted by Crippen LogP contribution is -2.24. The topological polar surface area (TPSA) is 110 Å². The van der Waals surface area contributed by atoms with Crippen molar-refractivity contribution >= 4 is 11.9 Å². The second-order valence-corrected chi connectivity index (χ2v) is 18.0. The largest absolute Gasteiger partial charge is 0.466 e. The van der Waals surface area contributed by atoms with Crippen molar-refractivity contribution in [2.75, 3.05) is 39.6 Å². The first-order valence-electron chi connectivity index (χ1n) is 26.9. The van der Waals surface area contributed by atoms with E-state index >= 15 is 0 Å². The number of esters is 2. The molecule has 370 valence electrons. The van der Waals surface area contributed by atoms with Crippen molar-refractivity contribution in [2.24, 2.45) is 0 Å². The van der Waals surface area contributed by atoms with Gasteiger partial charge in [-0.3, -0.25) is 4.79 Å². The predicted molar refractivity (Wildman–Crippen MR) is 257 cm³/mol. The predicted octanol–water partition coefficient (Wildman–Crippen LogP) is 15.1. The highest BCUT2D eigenvalue weighted by Gasteiger charge is 2.19. The fourth-order valence-corrected chi connectivity index (χ4v) is 7.60. The van der Waals surface area contributed by atoms with Crippen LogP contribution in [-0.2, 0) is 38.0 Å². The summed E-state index contributed by atoms with van der Waals surface area (Å²) in [6.45, 7) is 12.8. The Kier molecular flexibility index (Phi) is 49.7. The second-order valence-electron chi connectivity index (χ2n) is 18.0. The van der Waals surface area contributed by atoms with Crippen molar-refractivity contribution in [1.29, 1.82) is 0 Å². The Morgan fingerprint density at radius 3 is 0.952 bits per heavy atom. The summed E-state index contributed by atoms with van der Waals surface area (Å²) in [5, 5.41) is 10.3. The van der Waals surface area contributed by atoms with Crippen molar-refractivity contribution in [3.63, 3.8) is 0 Å². The van der Waals surface area contributed by atoms with Crippen molar-refractivity contribution in [1.82, 2.24) is 0 Å². The van der Waals surface area contributed by atoms with Gasteiger partial charge in [-0.15, -0.1) is 0 Å². The minimum atomic E-state index is -1.31. The van der Waals surface area contributed by atoms with Crippen LogP contribution in [-0.4, -0.2) is 75.4 Å². The molecule has 9 heteroatoms. The van der Waals surface area contributed by atoms with Crippen LogP contribution >= 0.6 is 0 Å². The first-order chi connectivity index (χ1) is 30.5. The van der Waals surface area contributed by atoms with Crippen molar-refractivity contribution < 1.29 is 43.1 Å². The fraction of sp³-hybridized carbons (Fsp3) is 0.962. The molecule has 0 radical (unpaired) electrons.